The number of carbonyl (C=O) groups is 1. The number of benzene rings is 2. The maximum absolute atomic E-state index is 11.9. The van der Waals surface area contributed by atoms with Crippen molar-refractivity contribution in [2.75, 3.05) is 11.9 Å². The molecule has 2 rings (SSSR count). The Morgan fingerprint density at radius 1 is 1.13 bits per heavy atom. The van der Waals surface area contributed by atoms with Gasteiger partial charge in [-0.1, -0.05) is 43.0 Å². The first kappa shape index (κ1) is 16.7. The van der Waals surface area contributed by atoms with Gasteiger partial charge in [0, 0.05) is 5.69 Å². The molecule has 1 amide bonds. The number of rotatable bonds is 6. The summed E-state index contributed by atoms with van der Waals surface area (Å²) in [6.07, 6.45) is 1.97. The number of hydrogen-bond acceptors (Lipinski definition) is 3. The van der Waals surface area contributed by atoms with Crippen LogP contribution in [0.3, 0.4) is 0 Å². The number of hydrogen-bond donors (Lipinski definition) is 2. The van der Waals surface area contributed by atoms with Crippen molar-refractivity contribution >= 4 is 28.9 Å². The molecular weight excluding hydrogens is 308 g/mol. The third-order valence-electron chi connectivity index (χ3n) is 2.94. The fourth-order valence-electron chi connectivity index (χ4n) is 1.90. The van der Waals surface area contributed by atoms with Gasteiger partial charge in [-0.2, -0.15) is 0 Å². The van der Waals surface area contributed by atoms with Gasteiger partial charge in [0.2, 0.25) is 5.91 Å². The molecule has 23 heavy (non-hydrogen) atoms. The van der Waals surface area contributed by atoms with Gasteiger partial charge in [0.25, 0.3) is 0 Å². The van der Waals surface area contributed by atoms with E-state index < -0.39 is 0 Å². The molecule has 5 heteroatoms. The van der Waals surface area contributed by atoms with Gasteiger partial charge in [-0.3, -0.25) is 4.79 Å². The van der Waals surface area contributed by atoms with Crippen molar-refractivity contribution in [1.82, 2.24) is 5.32 Å². The molecule has 118 valence electrons. The summed E-state index contributed by atoms with van der Waals surface area (Å²) < 4.78 is 5.40. The molecule has 0 spiro atoms. The maximum atomic E-state index is 11.9. The van der Waals surface area contributed by atoms with E-state index in [1.807, 2.05) is 54.6 Å². The van der Waals surface area contributed by atoms with E-state index in [-0.39, 0.29) is 17.4 Å². The smallest absolute Gasteiger partial charge is 0.230 e. The lowest BCUT2D eigenvalue weighted by atomic mass is 10.1. The Hall–Kier alpha value is -2.66. The van der Waals surface area contributed by atoms with E-state index in [1.165, 1.54) is 0 Å². The van der Waals surface area contributed by atoms with Crippen LogP contribution >= 0.6 is 12.2 Å². The van der Waals surface area contributed by atoms with Crippen LogP contribution in [0.2, 0.25) is 0 Å². The second kappa shape index (κ2) is 8.70. The number of amides is 1. The topological polar surface area (TPSA) is 50.4 Å². The summed E-state index contributed by atoms with van der Waals surface area (Å²) in [6.45, 7) is 4.05. The minimum absolute atomic E-state index is 0.153. The van der Waals surface area contributed by atoms with Gasteiger partial charge in [0.15, 0.2) is 5.11 Å². The van der Waals surface area contributed by atoms with Gasteiger partial charge in [0.05, 0.1) is 6.42 Å². The molecule has 0 bridgehead atoms. The van der Waals surface area contributed by atoms with Crippen LogP contribution < -0.4 is 15.4 Å². The van der Waals surface area contributed by atoms with Crippen LogP contribution in [0, 0.1) is 0 Å². The monoisotopic (exact) mass is 326 g/mol. The highest BCUT2D eigenvalue weighted by Gasteiger charge is 2.06. The van der Waals surface area contributed by atoms with E-state index >= 15 is 0 Å². The molecule has 0 saturated carbocycles. The third kappa shape index (κ3) is 5.92. The molecule has 0 radical (unpaired) electrons. The van der Waals surface area contributed by atoms with Crippen molar-refractivity contribution in [3.8, 4) is 5.75 Å². The molecule has 2 N–H and O–H groups in total. The molecule has 0 atom stereocenters. The first-order chi connectivity index (χ1) is 11.2. The zero-order valence-corrected chi connectivity index (χ0v) is 13.4. The van der Waals surface area contributed by atoms with Crippen LogP contribution in [0.4, 0.5) is 5.69 Å². The summed E-state index contributed by atoms with van der Waals surface area (Å²) in [6, 6.07) is 16.8. The molecule has 2 aromatic carbocycles. The van der Waals surface area contributed by atoms with Gasteiger partial charge in [-0.15, -0.1) is 0 Å². The second-order valence-electron chi connectivity index (χ2n) is 4.79. The molecular formula is C18H18N2O2S. The molecule has 0 heterocycles. The number of ether oxygens (including phenoxy) is 1. The Balaban J connectivity index is 1.82. The highest BCUT2D eigenvalue weighted by Crippen LogP contribution is 2.15. The summed E-state index contributed by atoms with van der Waals surface area (Å²) >= 11 is 5.14. The Kier molecular flexibility index (Phi) is 6.32. The van der Waals surface area contributed by atoms with Crippen LogP contribution in [0.5, 0.6) is 5.75 Å². The minimum atomic E-state index is -0.153. The summed E-state index contributed by atoms with van der Waals surface area (Å²) in [7, 11) is 0. The normalized spacial score (nSPS) is 9.74. The lowest BCUT2D eigenvalue weighted by Gasteiger charge is -2.10. The van der Waals surface area contributed by atoms with E-state index in [9.17, 15) is 4.79 Å². The van der Waals surface area contributed by atoms with E-state index in [2.05, 4.69) is 17.2 Å². The third-order valence-corrected chi connectivity index (χ3v) is 3.14. The largest absolute Gasteiger partial charge is 0.490 e. The zero-order valence-electron chi connectivity index (χ0n) is 12.6. The lowest BCUT2D eigenvalue weighted by molar-refractivity contribution is -0.119. The summed E-state index contributed by atoms with van der Waals surface area (Å²) in [4.78, 5) is 11.9. The minimum Gasteiger partial charge on any atom is -0.490 e. The van der Waals surface area contributed by atoms with E-state index in [1.54, 1.807) is 6.08 Å². The molecule has 0 unspecified atom stereocenters. The van der Waals surface area contributed by atoms with Crippen LogP contribution in [-0.2, 0) is 11.2 Å². The molecule has 0 saturated heterocycles. The molecule has 0 aliphatic heterocycles. The van der Waals surface area contributed by atoms with E-state index in [0.717, 1.165) is 17.0 Å². The molecule has 0 fully saturated rings. The average Bonchev–Trinajstić information content (AvgIpc) is 2.55. The molecule has 0 aliphatic carbocycles. The van der Waals surface area contributed by atoms with Gasteiger partial charge in [0.1, 0.15) is 12.4 Å². The number of carbonyl (C=O) groups excluding carboxylic acids is 1. The fourth-order valence-corrected chi connectivity index (χ4v) is 2.14. The Morgan fingerprint density at radius 3 is 2.48 bits per heavy atom. The first-order valence-electron chi connectivity index (χ1n) is 7.16. The van der Waals surface area contributed by atoms with Gasteiger partial charge >= 0.3 is 0 Å². The van der Waals surface area contributed by atoms with Crippen molar-refractivity contribution in [2.24, 2.45) is 0 Å². The van der Waals surface area contributed by atoms with Crippen LogP contribution in [-0.4, -0.2) is 17.6 Å². The lowest BCUT2D eigenvalue weighted by Crippen LogP contribution is -2.35. The van der Waals surface area contributed by atoms with Crippen molar-refractivity contribution < 1.29 is 9.53 Å². The molecule has 2 aromatic rings. The fraction of sp³-hybridized carbons (Fsp3) is 0.111. The Labute approximate surface area is 141 Å². The van der Waals surface area contributed by atoms with Crippen molar-refractivity contribution in [1.29, 1.82) is 0 Å². The van der Waals surface area contributed by atoms with Crippen LogP contribution in [0.15, 0.2) is 67.3 Å². The van der Waals surface area contributed by atoms with E-state index in [0.29, 0.717) is 6.61 Å². The maximum Gasteiger partial charge on any atom is 0.230 e. The Bertz CT molecular complexity index is 669. The molecule has 4 nitrogen and oxygen atoms in total. The van der Waals surface area contributed by atoms with Gasteiger partial charge < -0.3 is 15.4 Å². The molecule has 0 aliphatic rings. The van der Waals surface area contributed by atoms with Crippen molar-refractivity contribution in [3.05, 3.63) is 72.8 Å². The standard InChI is InChI=1S/C18H18N2O2S/c1-2-12-22-16-10-8-15(9-11-16)19-18(23)20-17(21)13-14-6-4-3-5-7-14/h2-11H,1,12-13H2,(H2,19,20,21,23). The summed E-state index contributed by atoms with van der Waals surface area (Å²) in [5, 5.41) is 5.90. The predicted molar refractivity (Wildman–Crippen MR) is 96.6 cm³/mol. The highest BCUT2D eigenvalue weighted by molar-refractivity contribution is 7.80. The second-order valence-corrected chi connectivity index (χ2v) is 5.20. The van der Waals surface area contributed by atoms with Gasteiger partial charge in [-0.05, 0) is 42.0 Å². The number of thiocarbonyl (C=S) groups is 1. The van der Waals surface area contributed by atoms with Gasteiger partial charge in [-0.25, -0.2) is 0 Å². The molecule has 0 aromatic heterocycles. The average molecular weight is 326 g/mol. The zero-order chi connectivity index (χ0) is 16.5. The summed E-state index contributed by atoms with van der Waals surface area (Å²) in [5.41, 5.74) is 1.72. The van der Waals surface area contributed by atoms with Crippen molar-refractivity contribution in [2.45, 2.75) is 6.42 Å². The first-order valence-corrected chi connectivity index (χ1v) is 7.56. The summed E-state index contributed by atoms with van der Waals surface area (Å²) in [5.74, 6) is 0.592. The van der Waals surface area contributed by atoms with E-state index in [4.69, 9.17) is 17.0 Å². The highest BCUT2D eigenvalue weighted by atomic mass is 32.1. The quantitative estimate of drug-likeness (QED) is 0.632. The van der Waals surface area contributed by atoms with Crippen LogP contribution in [0.1, 0.15) is 5.56 Å². The SMILES string of the molecule is C=CCOc1ccc(NC(=S)NC(=O)Cc2ccccc2)cc1. The Morgan fingerprint density at radius 2 is 1.83 bits per heavy atom. The van der Waals surface area contributed by atoms with Crippen molar-refractivity contribution in [3.63, 3.8) is 0 Å². The predicted octanol–water partition coefficient (Wildman–Crippen LogP) is 3.31. The number of anilines is 1. The van der Waals surface area contributed by atoms with Crippen LogP contribution in [0.25, 0.3) is 0 Å². The number of nitrogens with one attached hydrogen (secondary N) is 2.